The lowest BCUT2D eigenvalue weighted by Gasteiger charge is -2.32. The van der Waals surface area contributed by atoms with E-state index in [9.17, 15) is 14.4 Å². The Kier molecular flexibility index (Phi) is 5.60. The summed E-state index contributed by atoms with van der Waals surface area (Å²) in [6.45, 7) is 5.04. The Hall–Kier alpha value is -3.28. The predicted molar refractivity (Wildman–Crippen MR) is 128 cm³/mol. The molecule has 1 unspecified atom stereocenters. The number of rotatable bonds is 5. The summed E-state index contributed by atoms with van der Waals surface area (Å²) >= 11 is 0. The first-order valence-electron chi connectivity index (χ1n) is 11.9. The molecule has 33 heavy (non-hydrogen) atoms. The van der Waals surface area contributed by atoms with Crippen LogP contribution in [0.4, 0.5) is 0 Å². The summed E-state index contributed by atoms with van der Waals surface area (Å²) in [4.78, 5) is 47.2. The first-order valence-corrected chi connectivity index (χ1v) is 11.9. The molecule has 1 amide bonds. The molecule has 6 heteroatoms. The number of carbonyl (C=O) groups excluding carboxylic acids is 2. The summed E-state index contributed by atoms with van der Waals surface area (Å²) in [5, 5.41) is 2.27. The molecule has 1 aromatic heterocycles. The fraction of sp³-hybridized carbons (Fsp3) is 0.407. The van der Waals surface area contributed by atoms with Crippen molar-refractivity contribution in [2.75, 3.05) is 13.1 Å². The fourth-order valence-electron chi connectivity index (χ4n) is 5.39. The number of hydrogen-bond donors (Lipinski definition) is 1. The molecule has 5 rings (SSSR count). The minimum Gasteiger partial charge on any atom is -0.337 e. The molecular formula is C27H29N3O3. The number of piperidine rings is 1. The number of carbonyl (C=O) groups is 2. The highest BCUT2D eigenvalue weighted by Crippen LogP contribution is 2.34. The minimum atomic E-state index is -0.506. The number of nitrogens with zero attached hydrogens (tertiary/aromatic N) is 2. The molecule has 2 heterocycles. The molecule has 1 fully saturated rings. The van der Waals surface area contributed by atoms with Gasteiger partial charge in [0.05, 0.1) is 0 Å². The van der Waals surface area contributed by atoms with Crippen LogP contribution in [0, 0.1) is 11.8 Å². The average molecular weight is 444 g/mol. The van der Waals surface area contributed by atoms with Gasteiger partial charge in [-0.2, -0.15) is 4.98 Å². The van der Waals surface area contributed by atoms with Crippen LogP contribution in [-0.4, -0.2) is 39.6 Å². The van der Waals surface area contributed by atoms with E-state index in [0.717, 1.165) is 36.6 Å². The van der Waals surface area contributed by atoms with Crippen LogP contribution in [0.2, 0.25) is 0 Å². The first kappa shape index (κ1) is 21.6. The number of ketones is 1. The maximum absolute atomic E-state index is 13.6. The zero-order chi connectivity index (χ0) is 23.1. The van der Waals surface area contributed by atoms with Crippen molar-refractivity contribution in [1.82, 2.24) is 14.9 Å². The van der Waals surface area contributed by atoms with Crippen molar-refractivity contribution >= 4 is 22.5 Å². The maximum Gasteiger partial charge on any atom is 0.345 e. The highest BCUT2D eigenvalue weighted by molar-refractivity contribution is 6.11. The third kappa shape index (κ3) is 4.10. The van der Waals surface area contributed by atoms with Crippen LogP contribution in [0.3, 0.4) is 0 Å². The molecule has 0 saturated carbocycles. The van der Waals surface area contributed by atoms with E-state index in [4.69, 9.17) is 0 Å². The molecular weight excluding hydrogens is 414 g/mol. The number of aromatic amines is 1. The Bertz CT molecular complexity index is 1300. The van der Waals surface area contributed by atoms with Gasteiger partial charge < -0.3 is 9.88 Å². The zero-order valence-corrected chi connectivity index (χ0v) is 19.2. The van der Waals surface area contributed by atoms with E-state index < -0.39 is 5.69 Å². The van der Waals surface area contributed by atoms with E-state index >= 15 is 0 Å². The number of H-pyrrole nitrogens is 1. The molecule has 1 aliphatic carbocycles. The molecule has 3 aromatic rings. The van der Waals surface area contributed by atoms with Crippen LogP contribution in [0.1, 0.15) is 64.4 Å². The molecule has 0 bridgehead atoms. The van der Waals surface area contributed by atoms with Gasteiger partial charge in [-0.3, -0.25) is 9.59 Å². The van der Waals surface area contributed by atoms with Gasteiger partial charge in [-0.05, 0) is 66.0 Å². The van der Waals surface area contributed by atoms with E-state index in [2.05, 4.69) is 35.9 Å². The smallest absolute Gasteiger partial charge is 0.337 e. The van der Waals surface area contributed by atoms with Gasteiger partial charge >= 0.3 is 5.69 Å². The lowest BCUT2D eigenvalue weighted by molar-refractivity contribution is 0.0632. The standard InChI is InChI=1S/C27H29N3O3/c1-16(2)13-20-14-23(29-27(33)28-20)26(32)30-12-4-6-19(15-30)25(31)22-11-10-18-9-8-17-5-3-7-21(22)24(17)18/h3,5,7,10-11,14,16,19H,4,6,8-9,12-13,15H2,1-2H3,(H,28,29,33). The quantitative estimate of drug-likeness (QED) is 0.605. The highest BCUT2D eigenvalue weighted by Gasteiger charge is 2.31. The molecule has 2 aromatic carbocycles. The van der Waals surface area contributed by atoms with Crippen molar-refractivity contribution in [3.05, 3.63) is 75.0 Å². The van der Waals surface area contributed by atoms with E-state index in [1.54, 1.807) is 11.0 Å². The van der Waals surface area contributed by atoms with Crippen molar-refractivity contribution < 1.29 is 9.59 Å². The summed E-state index contributed by atoms with van der Waals surface area (Å²) in [5.74, 6) is -0.0782. The number of likely N-dealkylation sites (tertiary alicyclic amines) is 1. The van der Waals surface area contributed by atoms with Crippen LogP contribution in [0.15, 0.2) is 41.2 Å². The van der Waals surface area contributed by atoms with Gasteiger partial charge in [0.2, 0.25) is 0 Å². The summed E-state index contributed by atoms with van der Waals surface area (Å²) in [5.41, 5.74) is 3.75. The van der Waals surface area contributed by atoms with Gasteiger partial charge in [-0.15, -0.1) is 0 Å². The van der Waals surface area contributed by atoms with Crippen LogP contribution in [0.5, 0.6) is 0 Å². The summed E-state index contributed by atoms with van der Waals surface area (Å²) in [6, 6.07) is 12.0. The van der Waals surface area contributed by atoms with Gasteiger partial charge in [0, 0.05) is 30.3 Å². The number of aryl methyl sites for hydroxylation is 2. The van der Waals surface area contributed by atoms with Crippen LogP contribution >= 0.6 is 0 Å². The van der Waals surface area contributed by atoms with E-state index in [0.29, 0.717) is 31.1 Å². The lowest BCUT2D eigenvalue weighted by atomic mass is 9.87. The topological polar surface area (TPSA) is 83.1 Å². The monoisotopic (exact) mass is 443 g/mol. The van der Waals surface area contributed by atoms with Gasteiger partial charge in [0.1, 0.15) is 5.69 Å². The summed E-state index contributed by atoms with van der Waals surface area (Å²) in [6.07, 6.45) is 4.23. The number of Topliss-reactive ketones (excluding diaryl/α,β-unsaturated/α-hetero) is 1. The molecule has 1 atom stereocenters. The Morgan fingerprint density at radius 2 is 1.94 bits per heavy atom. The minimum absolute atomic E-state index is 0.0995. The Morgan fingerprint density at radius 3 is 2.73 bits per heavy atom. The van der Waals surface area contributed by atoms with Crippen LogP contribution in [-0.2, 0) is 19.3 Å². The van der Waals surface area contributed by atoms with Gasteiger partial charge in [-0.25, -0.2) is 4.79 Å². The highest BCUT2D eigenvalue weighted by atomic mass is 16.2. The summed E-state index contributed by atoms with van der Waals surface area (Å²) in [7, 11) is 0. The van der Waals surface area contributed by atoms with Gasteiger partial charge in [0.15, 0.2) is 5.78 Å². The van der Waals surface area contributed by atoms with Crippen LogP contribution < -0.4 is 5.69 Å². The molecule has 0 spiro atoms. The fourth-order valence-corrected chi connectivity index (χ4v) is 5.39. The largest absolute Gasteiger partial charge is 0.345 e. The SMILES string of the molecule is CC(C)Cc1cc(C(=O)N2CCCC(C(=O)c3ccc4c5c(cccc35)CC4)C2)nc(=O)[nH]1. The van der Waals surface area contributed by atoms with Gasteiger partial charge in [0.25, 0.3) is 5.91 Å². The molecule has 1 saturated heterocycles. The van der Waals surface area contributed by atoms with E-state index in [1.165, 1.54) is 16.5 Å². The predicted octanol–water partition coefficient (Wildman–Crippen LogP) is 3.96. The Labute approximate surface area is 193 Å². The van der Waals surface area contributed by atoms with E-state index in [-0.39, 0.29) is 23.3 Å². The second kappa shape index (κ2) is 8.58. The second-order valence-electron chi connectivity index (χ2n) is 9.76. The molecule has 1 N–H and O–H groups in total. The number of amides is 1. The Morgan fingerprint density at radius 1 is 1.15 bits per heavy atom. The zero-order valence-electron chi connectivity index (χ0n) is 19.2. The van der Waals surface area contributed by atoms with Crippen molar-refractivity contribution in [2.45, 2.75) is 46.0 Å². The summed E-state index contributed by atoms with van der Waals surface area (Å²) < 4.78 is 0. The number of hydrogen-bond acceptors (Lipinski definition) is 4. The molecule has 1 aliphatic heterocycles. The van der Waals surface area contributed by atoms with E-state index in [1.807, 2.05) is 18.2 Å². The third-order valence-corrected chi connectivity index (χ3v) is 6.87. The molecule has 2 aliphatic rings. The third-order valence-electron chi connectivity index (χ3n) is 6.87. The lowest BCUT2D eigenvalue weighted by Crippen LogP contribution is -2.43. The first-order chi connectivity index (χ1) is 15.9. The van der Waals surface area contributed by atoms with Gasteiger partial charge in [-0.1, -0.05) is 44.2 Å². The number of aromatic nitrogens is 2. The maximum atomic E-state index is 13.6. The molecule has 6 nitrogen and oxygen atoms in total. The molecule has 0 radical (unpaired) electrons. The van der Waals surface area contributed by atoms with Crippen molar-refractivity contribution in [2.24, 2.45) is 11.8 Å². The molecule has 170 valence electrons. The Balaban J connectivity index is 1.39. The van der Waals surface area contributed by atoms with Crippen molar-refractivity contribution in [3.63, 3.8) is 0 Å². The number of nitrogens with one attached hydrogen (secondary N) is 1. The normalized spacial score (nSPS) is 17.7. The van der Waals surface area contributed by atoms with Crippen LogP contribution in [0.25, 0.3) is 10.8 Å². The number of benzene rings is 2. The second-order valence-corrected chi connectivity index (χ2v) is 9.76. The average Bonchev–Trinajstić information content (AvgIpc) is 3.22. The van der Waals surface area contributed by atoms with Crippen molar-refractivity contribution in [1.29, 1.82) is 0 Å². The van der Waals surface area contributed by atoms with Crippen molar-refractivity contribution in [3.8, 4) is 0 Å².